The number of aromatic hydroxyl groups is 1. The topological polar surface area (TPSA) is 78.6 Å². The number of allylic oxidation sites excluding steroid dienone is 2. The Bertz CT molecular complexity index is 894. The minimum atomic E-state index is -0.970. The Morgan fingerprint density at radius 3 is 2.69 bits per heavy atom. The number of carboxylic acid groups (broad SMARTS) is 1. The van der Waals surface area contributed by atoms with Crippen molar-refractivity contribution in [2.24, 2.45) is 0 Å². The second-order valence-corrected chi connectivity index (χ2v) is 6.73. The molecule has 2 heterocycles. The van der Waals surface area contributed by atoms with Crippen LogP contribution < -0.4 is 0 Å². The van der Waals surface area contributed by atoms with Crippen molar-refractivity contribution < 1.29 is 15.0 Å². The molecule has 0 bridgehead atoms. The second-order valence-electron chi connectivity index (χ2n) is 6.73. The van der Waals surface area contributed by atoms with Gasteiger partial charge in [-0.05, 0) is 42.7 Å². The van der Waals surface area contributed by atoms with Gasteiger partial charge >= 0.3 is 5.97 Å². The Morgan fingerprint density at radius 2 is 2.00 bits per heavy atom. The Morgan fingerprint density at radius 1 is 1.19 bits per heavy atom. The van der Waals surface area contributed by atoms with Gasteiger partial charge in [-0.25, -0.2) is 9.48 Å². The minimum Gasteiger partial charge on any atom is -0.493 e. The number of carboxylic acids is 1. The van der Waals surface area contributed by atoms with Crippen LogP contribution in [-0.2, 0) is 13.0 Å². The predicted molar refractivity (Wildman–Crippen MR) is 97.6 cm³/mol. The molecule has 4 rings (SSSR count). The van der Waals surface area contributed by atoms with Crippen molar-refractivity contribution in [3.63, 3.8) is 0 Å². The highest BCUT2D eigenvalue weighted by molar-refractivity contribution is 5.87. The number of carbonyl (C=O) groups is 1. The van der Waals surface area contributed by atoms with Gasteiger partial charge < -0.3 is 10.2 Å². The van der Waals surface area contributed by atoms with E-state index in [0.717, 1.165) is 43.6 Å². The van der Waals surface area contributed by atoms with Crippen LogP contribution in [0, 0.1) is 0 Å². The molecule has 0 saturated carbocycles. The summed E-state index contributed by atoms with van der Waals surface area (Å²) in [6.07, 6.45) is 9.68. The lowest BCUT2D eigenvalue weighted by atomic mass is 10.0. The number of nitrogens with zero attached hydrogens (tertiary/aromatic N) is 3. The summed E-state index contributed by atoms with van der Waals surface area (Å²) in [6.45, 7) is 2.46. The molecule has 0 atom stereocenters. The van der Waals surface area contributed by atoms with Crippen LogP contribution in [0.3, 0.4) is 0 Å². The second kappa shape index (κ2) is 6.80. The van der Waals surface area contributed by atoms with Crippen molar-refractivity contribution in [2.75, 3.05) is 13.1 Å². The Labute approximate surface area is 151 Å². The molecule has 2 N–H and O–H groups in total. The third-order valence-corrected chi connectivity index (χ3v) is 4.92. The highest BCUT2D eigenvalue weighted by Gasteiger charge is 2.25. The van der Waals surface area contributed by atoms with Crippen LogP contribution in [0.2, 0.25) is 0 Å². The number of fused-ring (bicyclic) bond motifs is 1. The van der Waals surface area contributed by atoms with Crippen LogP contribution in [0.4, 0.5) is 0 Å². The van der Waals surface area contributed by atoms with Crippen LogP contribution >= 0.6 is 0 Å². The standard InChI is InChI=1S/C20H21N3O3/c24-19-17-13-22(12-14-4-2-1-3-5-14)11-10-18(17)21-23(19)16-8-6-15(7-9-16)20(25)26/h2,4-9,24H,1,3,10-13H2,(H,25,26). The first kappa shape index (κ1) is 16.6. The summed E-state index contributed by atoms with van der Waals surface area (Å²) in [5.41, 5.74) is 3.97. The van der Waals surface area contributed by atoms with Crippen molar-refractivity contribution in [1.82, 2.24) is 14.7 Å². The molecule has 0 spiro atoms. The third kappa shape index (κ3) is 3.15. The van der Waals surface area contributed by atoms with Gasteiger partial charge in [0.1, 0.15) is 0 Å². The predicted octanol–water partition coefficient (Wildman–Crippen LogP) is 2.91. The van der Waals surface area contributed by atoms with Gasteiger partial charge in [-0.1, -0.05) is 18.2 Å². The van der Waals surface area contributed by atoms with E-state index >= 15 is 0 Å². The van der Waals surface area contributed by atoms with E-state index in [2.05, 4.69) is 28.2 Å². The van der Waals surface area contributed by atoms with Crippen LogP contribution in [0.5, 0.6) is 5.88 Å². The minimum absolute atomic E-state index is 0.140. The van der Waals surface area contributed by atoms with Crippen molar-refractivity contribution in [1.29, 1.82) is 0 Å². The smallest absolute Gasteiger partial charge is 0.335 e. The molecule has 0 fully saturated rings. The van der Waals surface area contributed by atoms with E-state index in [1.165, 1.54) is 22.4 Å². The summed E-state index contributed by atoms with van der Waals surface area (Å²) in [5.74, 6) is -0.830. The lowest BCUT2D eigenvalue weighted by molar-refractivity contribution is 0.0697. The first-order valence-electron chi connectivity index (χ1n) is 8.83. The van der Waals surface area contributed by atoms with E-state index in [-0.39, 0.29) is 11.4 Å². The Hall–Kier alpha value is -2.86. The normalized spacial score (nSPS) is 17.0. The third-order valence-electron chi connectivity index (χ3n) is 4.92. The average molecular weight is 351 g/mol. The molecule has 2 aliphatic rings. The van der Waals surface area contributed by atoms with E-state index in [9.17, 15) is 9.90 Å². The van der Waals surface area contributed by atoms with Crippen molar-refractivity contribution in [2.45, 2.75) is 25.8 Å². The van der Waals surface area contributed by atoms with Gasteiger partial charge in [0.25, 0.3) is 0 Å². The van der Waals surface area contributed by atoms with E-state index in [1.807, 2.05) is 0 Å². The van der Waals surface area contributed by atoms with Gasteiger partial charge in [-0.15, -0.1) is 0 Å². The molecule has 0 amide bonds. The van der Waals surface area contributed by atoms with Gasteiger partial charge in [0.15, 0.2) is 0 Å². The summed E-state index contributed by atoms with van der Waals surface area (Å²) in [4.78, 5) is 13.3. The fourth-order valence-corrected chi connectivity index (χ4v) is 3.52. The fraction of sp³-hybridized carbons (Fsp3) is 0.300. The maximum Gasteiger partial charge on any atom is 0.335 e. The zero-order valence-corrected chi connectivity index (χ0v) is 14.4. The number of aromatic nitrogens is 2. The van der Waals surface area contributed by atoms with Crippen molar-refractivity contribution >= 4 is 5.97 Å². The molecule has 26 heavy (non-hydrogen) atoms. The van der Waals surface area contributed by atoms with E-state index in [0.29, 0.717) is 12.2 Å². The van der Waals surface area contributed by atoms with Gasteiger partial charge in [0, 0.05) is 26.1 Å². The van der Waals surface area contributed by atoms with Crippen LogP contribution in [0.15, 0.2) is 48.1 Å². The molecule has 6 nitrogen and oxygen atoms in total. The molecule has 0 radical (unpaired) electrons. The van der Waals surface area contributed by atoms with Gasteiger partial charge in [-0.2, -0.15) is 5.10 Å². The van der Waals surface area contributed by atoms with E-state index in [4.69, 9.17) is 5.11 Å². The molecular weight excluding hydrogens is 330 g/mol. The van der Waals surface area contributed by atoms with Crippen LogP contribution in [0.1, 0.15) is 34.5 Å². The maximum atomic E-state index is 11.0. The zero-order valence-electron chi connectivity index (χ0n) is 14.4. The molecule has 0 unspecified atom stereocenters. The molecular formula is C20H21N3O3. The lowest BCUT2D eigenvalue weighted by Gasteiger charge is -2.26. The SMILES string of the molecule is O=C(O)c1ccc(-n2nc3c(c2O)CN(CC2=CCCC=C2)CC3)cc1. The number of hydrogen-bond acceptors (Lipinski definition) is 4. The lowest BCUT2D eigenvalue weighted by Crippen LogP contribution is -2.31. The summed E-state index contributed by atoms with van der Waals surface area (Å²) >= 11 is 0. The maximum absolute atomic E-state index is 11.0. The Balaban J connectivity index is 1.55. The molecule has 2 aromatic rings. The van der Waals surface area contributed by atoms with Gasteiger partial charge in [-0.3, -0.25) is 4.90 Å². The largest absolute Gasteiger partial charge is 0.493 e. The van der Waals surface area contributed by atoms with Crippen molar-refractivity contribution in [3.8, 4) is 11.6 Å². The molecule has 6 heteroatoms. The number of benzene rings is 1. The van der Waals surface area contributed by atoms with Gasteiger partial charge in [0.05, 0.1) is 22.5 Å². The summed E-state index contributed by atoms with van der Waals surface area (Å²) in [5, 5.41) is 24.2. The van der Waals surface area contributed by atoms with Crippen molar-refractivity contribution in [3.05, 3.63) is 64.9 Å². The molecule has 1 aliphatic carbocycles. The zero-order chi connectivity index (χ0) is 18.1. The van der Waals surface area contributed by atoms with Gasteiger partial charge in [0.2, 0.25) is 5.88 Å². The molecule has 1 aliphatic heterocycles. The molecule has 1 aromatic heterocycles. The highest BCUT2D eigenvalue weighted by atomic mass is 16.4. The fourth-order valence-electron chi connectivity index (χ4n) is 3.52. The molecule has 1 aromatic carbocycles. The van der Waals surface area contributed by atoms with Crippen LogP contribution in [0.25, 0.3) is 5.69 Å². The number of rotatable bonds is 4. The number of aromatic carboxylic acids is 1. The average Bonchev–Trinajstić information content (AvgIpc) is 2.99. The summed E-state index contributed by atoms with van der Waals surface area (Å²) < 4.78 is 1.50. The first-order valence-corrected chi connectivity index (χ1v) is 8.83. The quantitative estimate of drug-likeness (QED) is 0.885. The highest BCUT2D eigenvalue weighted by Crippen LogP contribution is 2.30. The Kier molecular flexibility index (Phi) is 4.34. The van der Waals surface area contributed by atoms with Crippen LogP contribution in [-0.4, -0.2) is 44.0 Å². The summed E-state index contributed by atoms with van der Waals surface area (Å²) in [6, 6.07) is 6.37. The molecule has 134 valence electrons. The monoisotopic (exact) mass is 351 g/mol. The summed E-state index contributed by atoms with van der Waals surface area (Å²) in [7, 11) is 0. The number of hydrogen-bond donors (Lipinski definition) is 2. The van der Waals surface area contributed by atoms with E-state index in [1.54, 1.807) is 12.1 Å². The first-order chi connectivity index (χ1) is 12.6. The molecule has 0 saturated heterocycles. The van der Waals surface area contributed by atoms with E-state index < -0.39 is 5.97 Å².